The standard InChI is InChI=1S/C24H26O7S2/c1-19-8-12-23(13-9-19)32(25,26)30-18-22(17-29-16-21-6-4-3-5-7-21)31-33(27,28)24-14-10-20(2)11-15-24/h3-15,22H,16-18H2,1-2H3/t22-/m0/s1. The van der Waals surface area contributed by atoms with Gasteiger partial charge in [0.1, 0.15) is 6.10 Å². The van der Waals surface area contributed by atoms with Crippen LogP contribution >= 0.6 is 0 Å². The molecule has 0 saturated heterocycles. The lowest BCUT2D eigenvalue weighted by Crippen LogP contribution is -2.30. The minimum atomic E-state index is -4.16. The smallest absolute Gasteiger partial charge is 0.297 e. The van der Waals surface area contributed by atoms with Crippen LogP contribution in [0, 0.1) is 13.8 Å². The molecule has 9 heteroatoms. The van der Waals surface area contributed by atoms with E-state index in [0.29, 0.717) is 0 Å². The van der Waals surface area contributed by atoms with E-state index >= 15 is 0 Å². The third-order valence-electron chi connectivity index (χ3n) is 4.71. The third-order valence-corrected chi connectivity index (χ3v) is 7.38. The summed E-state index contributed by atoms with van der Waals surface area (Å²) >= 11 is 0. The molecule has 0 aliphatic heterocycles. The van der Waals surface area contributed by atoms with Crippen molar-refractivity contribution in [3.63, 3.8) is 0 Å². The predicted octanol–water partition coefficient (Wildman–Crippen LogP) is 4.00. The number of hydrogen-bond donors (Lipinski definition) is 0. The molecule has 176 valence electrons. The molecule has 0 unspecified atom stereocenters. The summed E-state index contributed by atoms with van der Waals surface area (Å²) < 4.78 is 66.6. The Balaban J connectivity index is 1.72. The molecule has 0 radical (unpaired) electrons. The maximum atomic E-state index is 12.7. The van der Waals surface area contributed by atoms with E-state index in [4.69, 9.17) is 13.1 Å². The van der Waals surface area contributed by atoms with Crippen LogP contribution < -0.4 is 0 Å². The molecule has 0 bridgehead atoms. The second-order valence-electron chi connectivity index (χ2n) is 7.54. The zero-order valence-electron chi connectivity index (χ0n) is 18.4. The van der Waals surface area contributed by atoms with E-state index in [1.165, 1.54) is 24.3 Å². The topological polar surface area (TPSA) is 96.0 Å². The third kappa shape index (κ3) is 7.48. The van der Waals surface area contributed by atoms with Crippen LogP contribution in [-0.2, 0) is 39.9 Å². The Morgan fingerprint density at radius 2 is 1.18 bits per heavy atom. The number of hydrogen-bond acceptors (Lipinski definition) is 7. The quantitative estimate of drug-likeness (QED) is 0.375. The second-order valence-corrected chi connectivity index (χ2v) is 10.7. The van der Waals surface area contributed by atoms with Crippen LogP contribution in [0.25, 0.3) is 0 Å². The molecule has 3 aromatic rings. The highest BCUT2D eigenvalue weighted by molar-refractivity contribution is 7.87. The summed E-state index contributed by atoms with van der Waals surface area (Å²) in [5, 5.41) is 0. The minimum Gasteiger partial charge on any atom is -0.374 e. The average molecular weight is 491 g/mol. The average Bonchev–Trinajstić information content (AvgIpc) is 2.78. The Morgan fingerprint density at radius 3 is 1.73 bits per heavy atom. The fourth-order valence-corrected chi connectivity index (χ4v) is 4.85. The summed E-state index contributed by atoms with van der Waals surface area (Å²) in [5.74, 6) is 0. The number of benzene rings is 3. The van der Waals surface area contributed by atoms with Gasteiger partial charge in [-0.2, -0.15) is 16.8 Å². The fraction of sp³-hybridized carbons (Fsp3) is 0.250. The molecule has 0 amide bonds. The Hall–Kier alpha value is -2.56. The lowest BCUT2D eigenvalue weighted by Gasteiger charge is -2.18. The van der Waals surface area contributed by atoms with Crippen molar-refractivity contribution in [2.24, 2.45) is 0 Å². The van der Waals surface area contributed by atoms with E-state index in [-0.39, 0.29) is 23.0 Å². The van der Waals surface area contributed by atoms with Crippen molar-refractivity contribution in [2.45, 2.75) is 36.3 Å². The van der Waals surface area contributed by atoms with E-state index in [0.717, 1.165) is 16.7 Å². The van der Waals surface area contributed by atoms with Crippen LogP contribution in [0.3, 0.4) is 0 Å². The van der Waals surface area contributed by atoms with Gasteiger partial charge < -0.3 is 4.74 Å². The molecule has 3 rings (SSSR count). The monoisotopic (exact) mass is 490 g/mol. The first kappa shape index (κ1) is 25.1. The van der Waals surface area contributed by atoms with Gasteiger partial charge in [-0.25, -0.2) is 0 Å². The van der Waals surface area contributed by atoms with E-state index in [9.17, 15) is 16.8 Å². The normalized spacial score (nSPS) is 13.0. The molecule has 0 aromatic heterocycles. The van der Waals surface area contributed by atoms with Crippen LogP contribution in [0.15, 0.2) is 88.7 Å². The number of ether oxygens (including phenoxy) is 1. The van der Waals surface area contributed by atoms with E-state index in [2.05, 4.69) is 0 Å². The first-order valence-corrected chi connectivity index (χ1v) is 13.0. The predicted molar refractivity (Wildman–Crippen MR) is 124 cm³/mol. The minimum absolute atomic E-state index is 0.0292. The lowest BCUT2D eigenvalue weighted by molar-refractivity contribution is 0.0229. The Labute approximate surface area is 195 Å². The zero-order valence-corrected chi connectivity index (χ0v) is 20.0. The van der Waals surface area contributed by atoms with Crippen LogP contribution in [0.2, 0.25) is 0 Å². The van der Waals surface area contributed by atoms with Gasteiger partial charge >= 0.3 is 0 Å². The van der Waals surface area contributed by atoms with Crippen LogP contribution in [0.1, 0.15) is 16.7 Å². The maximum absolute atomic E-state index is 12.7. The Bertz CT molecular complexity index is 1240. The fourth-order valence-electron chi connectivity index (χ4n) is 2.86. The first-order chi connectivity index (χ1) is 15.7. The molecule has 33 heavy (non-hydrogen) atoms. The summed E-state index contributed by atoms with van der Waals surface area (Å²) in [6.45, 7) is 3.15. The molecule has 0 aliphatic carbocycles. The Morgan fingerprint density at radius 1 is 0.667 bits per heavy atom. The highest BCUT2D eigenvalue weighted by Crippen LogP contribution is 2.18. The highest BCUT2D eigenvalue weighted by atomic mass is 32.2. The van der Waals surface area contributed by atoms with Crippen molar-refractivity contribution in [3.05, 3.63) is 95.6 Å². The molecule has 0 fully saturated rings. The molecular weight excluding hydrogens is 464 g/mol. The van der Waals surface area contributed by atoms with Gasteiger partial charge in [0.25, 0.3) is 20.2 Å². The van der Waals surface area contributed by atoms with Gasteiger partial charge in [-0.1, -0.05) is 65.7 Å². The molecule has 7 nitrogen and oxygen atoms in total. The van der Waals surface area contributed by atoms with Crippen LogP contribution in [-0.4, -0.2) is 36.2 Å². The van der Waals surface area contributed by atoms with Gasteiger partial charge in [0.05, 0.1) is 29.6 Å². The van der Waals surface area contributed by atoms with Gasteiger partial charge in [0.2, 0.25) is 0 Å². The molecule has 3 aromatic carbocycles. The van der Waals surface area contributed by atoms with Gasteiger partial charge in [-0.05, 0) is 43.7 Å². The summed E-state index contributed by atoms with van der Waals surface area (Å²) in [7, 11) is -8.27. The number of aryl methyl sites for hydroxylation is 2. The zero-order chi connectivity index (χ0) is 23.9. The molecule has 0 spiro atoms. The summed E-state index contributed by atoms with van der Waals surface area (Å²) in [4.78, 5) is -0.0685. The van der Waals surface area contributed by atoms with Crippen molar-refractivity contribution < 1.29 is 29.9 Å². The van der Waals surface area contributed by atoms with E-state index < -0.39 is 32.9 Å². The largest absolute Gasteiger partial charge is 0.374 e. The Kier molecular flexibility index (Phi) is 8.39. The SMILES string of the molecule is Cc1ccc(S(=O)(=O)OC[C@H](COCc2ccccc2)OS(=O)(=O)c2ccc(C)cc2)cc1. The highest BCUT2D eigenvalue weighted by Gasteiger charge is 2.25. The van der Waals surface area contributed by atoms with Crippen LogP contribution in [0.4, 0.5) is 0 Å². The van der Waals surface area contributed by atoms with Gasteiger partial charge in [0.15, 0.2) is 0 Å². The molecule has 0 heterocycles. The first-order valence-electron chi connectivity index (χ1n) is 10.2. The van der Waals surface area contributed by atoms with E-state index in [1.807, 2.05) is 44.2 Å². The van der Waals surface area contributed by atoms with Gasteiger partial charge in [-0.3, -0.25) is 8.37 Å². The van der Waals surface area contributed by atoms with E-state index in [1.54, 1.807) is 24.3 Å². The van der Waals surface area contributed by atoms with Crippen molar-refractivity contribution in [1.29, 1.82) is 0 Å². The summed E-state index contributed by atoms with van der Waals surface area (Å²) in [5.41, 5.74) is 2.67. The van der Waals surface area contributed by atoms with Crippen molar-refractivity contribution in [3.8, 4) is 0 Å². The second kappa shape index (κ2) is 11.0. The summed E-state index contributed by atoms with van der Waals surface area (Å²) in [6, 6.07) is 21.6. The maximum Gasteiger partial charge on any atom is 0.297 e. The van der Waals surface area contributed by atoms with Crippen LogP contribution in [0.5, 0.6) is 0 Å². The molecule has 0 saturated carbocycles. The summed E-state index contributed by atoms with van der Waals surface area (Å²) in [6.07, 6.45) is -1.18. The molecular formula is C24H26O7S2. The lowest BCUT2D eigenvalue weighted by atomic mass is 10.2. The molecule has 0 aliphatic rings. The van der Waals surface area contributed by atoms with Gasteiger partial charge in [0, 0.05) is 0 Å². The molecule has 0 N–H and O–H groups in total. The van der Waals surface area contributed by atoms with Crippen molar-refractivity contribution in [2.75, 3.05) is 13.2 Å². The van der Waals surface area contributed by atoms with Gasteiger partial charge in [-0.15, -0.1) is 0 Å². The molecule has 1 atom stereocenters. The van der Waals surface area contributed by atoms with Crippen molar-refractivity contribution >= 4 is 20.2 Å². The number of rotatable bonds is 11. The van der Waals surface area contributed by atoms with Crippen molar-refractivity contribution in [1.82, 2.24) is 0 Å².